The summed E-state index contributed by atoms with van der Waals surface area (Å²) in [6, 6.07) is 11.1. The summed E-state index contributed by atoms with van der Waals surface area (Å²) in [6.07, 6.45) is -10.1. The van der Waals surface area contributed by atoms with E-state index in [-0.39, 0.29) is 16.6 Å². The molecule has 0 spiro atoms. The highest BCUT2D eigenvalue weighted by molar-refractivity contribution is 6.20. The maximum atomic E-state index is 13.8. The Morgan fingerprint density at radius 2 is 1.67 bits per heavy atom. The molecule has 0 saturated heterocycles. The highest BCUT2D eigenvalue weighted by Crippen LogP contribution is 2.41. The van der Waals surface area contributed by atoms with Crippen LogP contribution < -0.4 is 5.32 Å². The average Bonchev–Trinajstić information content (AvgIpc) is 2.71. The predicted molar refractivity (Wildman–Crippen MR) is 97.5 cm³/mol. The number of alkyl halides is 6. The molecule has 3 aromatic rings. The molecular weight excluding hydrogens is 412 g/mol. The Morgan fingerprint density at radius 3 is 2.30 bits per heavy atom. The maximum absolute atomic E-state index is 13.8. The van der Waals surface area contributed by atoms with Crippen molar-refractivity contribution in [3.63, 3.8) is 0 Å². The summed E-state index contributed by atoms with van der Waals surface area (Å²) in [5, 5.41) is 2.61. The van der Waals surface area contributed by atoms with Crippen LogP contribution in [0.5, 0.6) is 0 Å². The number of hydrogen-bond donors (Lipinski definition) is 1. The van der Waals surface area contributed by atoms with E-state index in [0.717, 1.165) is 0 Å². The zero-order valence-corrected chi connectivity index (χ0v) is 14.8. The van der Waals surface area contributed by atoms with Gasteiger partial charge in [0.1, 0.15) is 6.17 Å². The number of rotatable bonds is 2. The first-order valence-electron chi connectivity index (χ1n) is 8.57. The van der Waals surface area contributed by atoms with E-state index < -0.39 is 41.1 Å². The van der Waals surface area contributed by atoms with Crippen molar-refractivity contribution >= 4 is 28.1 Å². The standard InChI is InChI=1S/C20H11F6N3O/c21-19(22,23)16-13-9-12(17(30)20(24,25)26)11-7-4-8-27-14(11)15(13)28-18(29-16)10-5-2-1-3-6-10/h1-9,18,28H. The molecule has 30 heavy (non-hydrogen) atoms. The van der Waals surface area contributed by atoms with Crippen LogP contribution in [0.3, 0.4) is 0 Å². The SMILES string of the molecule is O=C(c1cc2c(c3ncccc13)NC(c1ccccc1)N=C2C(F)(F)F)C(F)(F)F. The van der Waals surface area contributed by atoms with Gasteiger partial charge in [-0.3, -0.25) is 14.8 Å². The molecule has 1 atom stereocenters. The topological polar surface area (TPSA) is 54.4 Å². The number of benzene rings is 2. The van der Waals surface area contributed by atoms with E-state index in [0.29, 0.717) is 11.6 Å². The molecule has 4 rings (SSSR count). The predicted octanol–water partition coefficient (Wildman–Crippen LogP) is 5.46. The van der Waals surface area contributed by atoms with Crippen molar-refractivity contribution in [3.8, 4) is 0 Å². The van der Waals surface area contributed by atoms with Gasteiger partial charge >= 0.3 is 12.4 Å². The van der Waals surface area contributed by atoms with Gasteiger partial charge < -0.3 is 5.32 Å². The van der Waals surface area contributed by atoms with E-state index in [1.54, 1.807) is 30.3 Å². The molecule has 10 heteroatoms. The van der Waals surface area contributed by atoms with Gasteiger partial charge in [0.15, 0.2) is 5.71 Å². The lowest BCUT2D eigenvalue weighted by Crippen LogP contribution is -2.32. The Morgan fingerprint density at radius 1 is 0.967 bits per heavy atom. The quantitative estimate of drug-likeness (QED) is 0.440. The molecule has 1 aromatic heterocycles. The molecule has 2 heterocycles. The Hall–Kier alpha value is -3.43. The molecule has 154 valence electrons. The number of aliphatic imine (C=N–C) groups is 1. The third-order valence-electron chi connectivity index (χ3n) is 4.57. The fourth-order valence-electron chi connectivity index (χ4n) is 3.30. The fourth-order valence-corrected chi connectivity index (χ4v) is 3.30. The summed E-state index contributed by atoms with van der Waals surface area (Å²) in [4.78, 5) is 19.6. The Labute approximate surface area is 165 Å². The number of nitrogens with one attached hydrogen (secondary N) is 1. The normalized spacial score (nSPS) is 16.6. The van der Waals surface area contributed by atoms with E-state index in [1.165, 1.54) is 18.3 Å². The molecule has 0 saturated carbocycles. The van der Waals surface area contributed by atoms with Gasteiger partial charge in [0.2, 0.25) is 0 Å². The van der Waals surface area contributed by atoms with Gasteiger partial charge in [0.05, 0.1) is 11.2 Å². The van der Waals surface area contributed by atoms with Crippen LogP contribution in [0.2, 0.25) is 0 Å². The van der Waals surface area contributed by atoms with Gasteiger partial charge in [-0.05, 0) is 17.7 Å². The van der Waals surface area contributed by atoms with E-state index in [4.69, 9.17) is 0 Å². The van der Waals surface area contributed by atoms with Gasteiger partial charge in [-0.25, -0.2) is 0 Å². The van der Waals surface area contributed by atoms with Crippen LogP contribution in [0.15, 0.2) is 59.7 Å². The zero-order chi connectivity index (χ0) is 21.7. The van der Waals surface area contributed by atoms with Crippen LogP contribution in [0, 0.1) is 0 Å². The lowest BCUT2D eigenvalue weighted by atomic mass is 9.94. The summed E-state index contributed by atoms with van der Waals surface area (Å²) in [7, 11) is 0. The third-order valence-corrected chi connectivity index (χ3v) is 4.57. The summed E-state index contributed by atoms with van der Waals surface area (Å²) >= 11 is 0. The van der Waals surface area contributed by atoms with Crippen molar-refractivity contribution in [2.24, 2.45) is 4.99 Å². The molecule has 0 amide bonds. The Kier molecular flexibility index (Phi) is 4.52. The lowest BCUT2D eigenvalue weighted by molar-refractivity contribution is -0.0884. The van der Waals surface area contributed by atoms with Crippen molar-refractivity contribution in [1.29, 1.82) is 0 Å². The lowest BCUT2D eigenvalue weighted by Gasteiger charge is -2.28. The molecule has 1 unspecified atom stereocenters. The van der Waals surface area contributed by atoms with E-state index in [1.807, 2.05) is 0 Å². The molecule has 0 fully saturated rings. The average molecular weight is 423 g/mol. The second-order valence-electron chi connectivity index (χ2n) is 6.51. The number of ketones is 1. The minimum atomic E-state index is -5.26. The van der Waals surface area contributed by atoms with Gasteiger partial charge in [0.25, 0.3) is 5.78 Å². The molecule has 1 N–H and O–H groups in total. The summed E-state index contributed by atoms with van der Waals surface area (Å²) in [5.74, 6) is -2.25. The maximum Gasteiger partial charge on any atom is 0.454 e. The molecule has 1 aliphatic heterocycles. The molecule has 0 bridgehead atoms. The Balaban J connectivity index is 2.02. The van der Waals surface area contributed by atoms with Gasteiger partial charge in [-0.15, -0.1) is 0 Å². The molecule has 2 aromatic carbocycles. The number of fused-ring (bicyclic) bond motifs is 3. The first kappa shape index (κ1) is 19.9. The number of carbonyl (C=O) groups excluding carboxylic acids is 1. The summed E-state index contributed by atoms with van der Waals surface area (Å²) in [6.45, 7) is 0. The number of halogens is 6. The van der Waals surface area contributed by atoms with E-state index in [2.05, 4.69) is 15.3 Å². The van der Waals surface area contributed by atoms with Gasteiger partial charge in [-0.2, -0.15) is 26.3 Å². The minimum absolute atomic E-state index is 0.138. The van der Waals surface area contributed by atoms with Gasteiger partial charge in [0, 0.05) is 22.7 Å². The largest absolute Gasteiger partial charge is 0.454 e. The van der Waals surface area contributed by atoms with Crippen molar-refractivity contribution < 1.29 is 31.1 Å². The number of pyridine rings is 1. The highest BCUT2D eigenvalue weighted by atomic mass is 19.4. The molecular formula is C20H11F6N3O. The number of aromatic nitrogens is 1. The van der Waals surface area contributed by atoms with E-state index in [9.17, 15) is 31.1 Å². The zero-order valence-electron chi connectivity index (χ0n) is 14.8. The van der Waals surface area contributed by atoms with Crippen molar-refractivity contribution in [1.82, 2.24) is 4.98 Å². The highest BCUT2D eigenvalue weighted by Gasteiger charge is 2.45. The van der Waals surface area contributed by atoms with Crippen LogP contribution in [0.25, 0.3) is 10.9 Å². The first-order valence-corrected chi connectivity index (χ1v) is 8.57. The first-order chi connectivity index (χ1) is 14.1. The van der Waals surface area contributed by atoms with Crippen LogP contribution >= 0.6 is 0 Å². The van der Waals surface area contributed by atoms with Crippen molar-refractivity contribution in [3.05, 3.63) is 71.4 Å². The molecule has 0 aliphatic carbocycles. The van der Waals surface area contributed by atoms with Crippen molar-refractivity contribution in [2.75, 3.05) is 5.32 Å². The summed E-state index contributed by atoms with van der Waals surface area (Å²) < 4.78 is 80.6. The third kappa shape index (κ3) is 3.38. The second-order valence-corrected chi connectivity index (χ2v) is 6.51. The molecule has 0 radical (unpaired) electrons. The van der Waals surface area contributed by atoms with Gasteiger partial charge in [-0.1, -0.05) is 36.4 Å². The monoisotopic (exact) mass is 423 g/mol. The molecule has 1 aliphatic rings. The number of nitrogens with zero attached hydrogens (tertiary/aromatic N) is 2. The second kappa shape index (κ2) is 6.82. The van der Waals surface area contributed by atoms with Crippen LogP contribution in [0.4, 0.5) is 32.0 Å². The fraction of sp³-hybridized carbons (Fsp3) is 0.150. The van der Waals surface area contributed by atoms with Crippen LogP contribution in [-0.4, -0.2) is 28.8 Å². The summed E-state index contributed by atoms with van der Waals surface area (Å²) in [5.41, 5.74) is -2.85. The van der Waals surface area contributed by atoms with Crippen molar-refractivity contribution in [2.45, 2.75) is 18.5 Å². The molecule has 4 nitrogen and oxygen atoms in total. The number of anilines is 1. The van der Waals surface area contributed by atoms with Crippen LogP contribution in [-0.2, 0) is 0 Å². The van der Waals surface area contributed by atoms with Crippen LogP contribution in [0.1, 0.15) is 27.7 Å². The number of carbonyl (C=O) groups is 1. The Bertz CT molecular complexity index is 1170. The number of hydrogen-bond acceptors (Lipinski definition) is 4. The number of Topliss-reactive ketones (excluding diaryl/α,β-unsaturated/α-hetero) is 1. The smallest absolute Gasteiger partial charge is 0.358 e. The minimum Gasteiger partial charge on any atom is -0.358 e. The van der Waals surface area contributed by atoms with E-state index >= 15 is 0 Å².